The number of hydrogen-bond acceptors (Lipinski definition) is 6. The summed E-state index contributed by atoms with van der Waals surface area (Å²) in [4.78, 5) is 43.5. The molecule has 0 bridgehead atoms. The molecule has 48 heavy (non-hydrogen) atoms. The highest BCUT2D eigenvalue weighted by molar-refractivity contribution is 6.02. The molecule has 0 saturated heterocycles. The van der Waals surface area contributed by atoms with Crippen molar-refractivity contribution < 1.29 is 33.4 Å². The van der Waals surface area contributed by atoms with Gasteiger partial charge in [-0.2, -0.15) is 0 Å². The number of carbonyl (C=O) groups excluding carboxylic acids is 3. The van der Waals surface area contributed by atoms with Gasteiger partial charge in [-0.15, -0.1) is 0 Å². The molecule has 4 rings (SSSR count). The SMILES string of the molecule is C[C@@H]1CCCCO[C@@H](CN(C)C(=O)Cc2ccccc2)[C@H](C)CN([C@@H](C)CO)C(=O)c2cc(NC(=O)Nc3ccc(F)cc3)ccc2O1. The van der Waals surface area contributed by atoms with Gasteiger partial charge in [0.15, 0.2) is 0 Å². The molecular weight excluding hydrogens is 615 g/mol. The average Bonchev–Trinajstić information content (AvgIpc) is 3.07. The van der Waals surface area contributed by atoms with E-state index in [1.165, 1.54) is 24.3 Å². The average molecular weight is 663 g/mol. The Balaban J connectivity index is 1.57. The molecule has 0 unspecified atom stereocenters. The highest BCUT2D eigenvalue weighted by atomic mass is 19.1. The van der Waals surface area contributed by atoms with Gasteiger partial charge in [0.1, 0.15) is 11.6 Å². The lowest BCUT2D eigenvalue weighted by molar-refractivity contribution is -0.131. The number of aliphatic hydroxyl groups excluding tert-OH is 1. The summed E-state index contributed by atoms with van der Waals surface area (Å²) >= 11 is 0. The molecule has 0 saturated carbocycles. The molecule has 1 heterocycles. The zero-order valence-corrected chi connectivity index (χ0v) is 28.2. The Morgan fingerprint density at radius 3 is 2.42 bits per heavy atom. The second-order valence-corrected chi connectivity index (χ2v) is 12.5. The summed E-state index contributed by atoms with van der Waals surface area (Å²) in [5.41, 5.74) is 1.92. The van der Waals surface area contributed by atoms with E-state index < -0.39 is 17.9 Å². The molecule has 3 N–H and O–H groups in total. The van der Waals surface area contributed by atoms with Crippen molar-refractivity contribution in [2.75, 3.05) is 44.0 Å². The summed E-state index contributed by atoms with van der Waals surface area (Å²) in [5.74, 6) is -0.661. The van der Waals surface area contributed by atoms with Crippen LogP contribution in [0.1, 0.15) is 56.0 Å². The van der Waals surface area contributed by atoms with E-state index in [1.807, 2.05) is 44.2 Å². The van der Waals surface area contributed by atoms with Crippen LogP contribution in [0.5, 0.6) is 5.75 Å². The number of nitrogens with one attached hydrogen (secondary N) is 2. The molecule has 258 valence electrons. The molecule has 3 aromatic carbocycles. The van der Waals surface area contributed by atoms with Crippen molar-refractivity contribution in [3.05, 3.63) is 89.7 Å². The first-order valence-corrected chi connectivity index (χ1v) is 16.5. The fourth-order valence-electron chi connectivity index (χ4n) is 5.57. The number of benzene rings is 3. The maximum Gasteiger partial charge on any atom is 0.323 e. The second-order valence-electron chi connectivity index (χ2n) is 12.5. The molecule has 0 spiro atoms. The molecule has 0 aliphatic carbocycles. The number of halogens is 1. The molecule has 4 amide bonds. The third kappa shape index (κ3) is 10.5. The highest BCUT2D eigenvalue weighted by Crippen LogP contribution is 2.29. The van der Waals surface area contributed by atoms with Crippen molar-refractivity contribution in [1.29, 1.82) is 0 Å². The molecule has 0 fully saturated rings. The number of amides is 4. The fraction of sp³-hybridized carbons (Fsp3) is 0.432. The van der Waals surface area contributed by atoms with E-state index in [4.69, 9.17) is 9.47 Å². The Labute approximate surface area is 282 Å². The minimum Gasteiger partial charge on any atom is -0.490 e. The van der Waals surface area contributed by atoms with Gasteiger partial charge in [0, 0.05) is 44.0 Å². The number of anilines is 2. The quantitative estimate of drug-likeness (QED) is 0.274. The van der Waals surface area contributed by atoms with Gasteiger partial charge in [-0.05, 0) is 81.1 Å². The minimum absolute atomic E-state index is 0.0311. The van der Waals surface area contributed by atoms with Crippen molar-refractivity contribution in [2.45, 2.75) is 64.7 Å². The van der Waals surface area contributed by atoms with Gasteiger partial charge in [0.25, 0.3) is 5.91 Å². The number of hydrogen-bond donors (Lipinski definition) is 3. The maximum absolute atomic E-state index is 14.3. The number of aliphatic hydroxyl groups is 1. The van der Waals surface area contributed by atoms with E-state index in [1.54, 1.807) is 42.0 Å². The van der Waals surface area contributed by atoms with Crippen LogP contribution < -0.4 is 15.4 Å². The molecule has 1 aliphatic heterocycles. The lowest BCUT2D eigenvalue weighted by atomic mass is 10.0. The van der Waals surface area contributed by atoms with Crippen LogP contribution in [0, 0.1) is 11.7 Å². The van der Waals surface area contributed by atoms with Gasteiger partial charge < -0.3 is 35.0 Å². The third-order valence-corrected chi connectivity index (χ3v) is 8.49. The number of carbonyl (C=O) groups is 3. The summed E-state index contributed by atoms with van der Waals surface area (Å²) in [7, 11) is 1.77. The van der Waals surface area contributed by atoms with Crippen molar-refractivity contribution >= 4 is 29.2 Å². The molecule has 0 aromatic heterocycles. The zero-order valence-electron chi connectivity index (χ0n) is 28.2. The van der Waals surface area contributed by atoms with E-state index in [-0.39, 0.29) is 55.1 Å². The first kappa shape index (κ1) is 36.4. The first-order chi connectivity index (χ1) is 23.0. The standard InChI is InChI=1S/C37H47FN4O6/c1-25-22-42(26(2)24-43)36(45)32-21-31(40-37(46)39-30-15-13-29(38)14-16-30)17-18-33(32)48-27(3)10-8-9-19-47-34(25)23-41(4)35(44)20-28-11-6-5-7-12-28/h5-7,11-18,21,25-27,34,43H,8-10,19-20,22-24H2,1-4H3,(H2,39,40,46)/t25-,26+,27-,34+/m1/s1. The van der Waals surface area contributed by atoms with Crippen molar-refractivity contribution in [1.82, 2.24) is 9.80 Å². The molecule has 11 heteroatoms. The number of nitrogens with zero attached hydrogens (tertiary/aromatic N) is 2. The number of likely N-dealkylation sites (N-methyl/N-ethyl adjacent to an activating group) is 1. The van der Waals surface area contributed by atoms with Crippen LogP contribution in [0.15, 0.2) is 72.8 Å². The van der Waals surface area contributed by atoms with Gasteiger partial charge in [0.05, 0.1) is 36.8 Å². The Morgan fingerprint density at radius 1 is 1.02 bits per heavy atom. The van der Waals surface area contributed by atoms with Gasteiger partial charge >= 0.3 is 6.03 Å². The second kappa shape index (κ2) is 17.6. The van der Waals surface area contributed by atoms with E-state index in [0.29, 0.717) is 30.3 Å². The summed E-state index contributed by atoms with van der Waals surface area (Å²) in [6.45, 7) is 6.49. The summed E-state index contributed by atoms with van der Waals surface area (Å²) in [6.07, 6.45) is 2.06. The monoisotopic (exact) mass is 662 g/mol. The number of rotatable bonds is 8. The smallest absolute Gasteiger partial charge is 0.323 e. The van der Waals surface area contributed by atoms with E-state index in [9.17, 15) is 23.9 Å². The molecule has 10 nitrogen and oxygen atoms in total. The topological polar surface area (TPSA) is 120 Å². The Morgan fingerprint density at radius 2 is 1.71 bits per heavy atom. The molecular formula is C37H47FN4O6. The maximum atomic E-state index is 14.3. The lowest BCUT2D eigenvalue weighted by Gasteiger charge is -2.36. The number of ether oxygens (including phenoxy) is 2. The molecule has 4 atom stereocenters. The number of fused-ring (bicyclic) bond motifs is 1. The third-order valence-electron chi connectivity index (χ3n) is 8.49. The van der Waals surface area contributed by atoms with Gasteiger partial charge in [0.2, 0.25) is 5.91 Å². The Kier molecular flexibility index (Phi) is 13.3. The van der Waals surface area contributed by atoms with Crippen molar-refractivity contribution in [3.8, 4) is 5.75 Å². The van der Waals surface area contributed by atoms with Crippen LogP contribution in [-0.4, -0.2) is 84.4 Å². The van der Waals surface area contributed by atoms with E-state index in [2.05, 4.69) is 10.6 Å². The summed E-state index contributed by atoms with van der Waals surface area (Å²) < 4.78 is 25.9. The van der Waals surface area contributed by atoms with Crippen LogP contribution in [-0.2, 0) is 16.0 Å². The largest absolute Gasteiger partial charge is 0.490 e. The normalized spacial score (nSPS) is 19.7. The van der Waals surface area contributed by atoms with Crippen molar-refractivity contribution in [2.24, 2.45) is 5.92 Å². The van der Waals surface area contributed by atoms with Gasteiger partial charge in [-0.25, -0.2) is 9.18 Å². The van der Waals surface area contributed by atoms with E-state index >= 15 is 0 Å². The predicted molar refractivity (Wildman–Crippen MR) is 184 cm³/mol. The van der Waals surface area contributed by atoms with Crippen LogP contribution in [0.2, 0.25) is 0 Å². The van der Waals surface area contributed by atoms with Gasteiger partial charge in [-0.1, -0.05) is 37.3 Å². The summed E-state index contributed by atoms with van der Waals surface area (Å²) in [5, 5.41) is 15.6. The van der Waals surface area contributed by atoms with Gasteiger partial charge in [-0.3, -0.25) is 9.59 Å². The fourth-order valence-corrected chi connectivity index (χ4v) is 5.57. The molecule has 1 aliphatic rings. The minimum atomic E-state index is -0.565. The molecule has 3 aromatic rings. The van der Waals surface area contributed by atoms with Crippen molar-refractivity contribution in [3.63, 3.8) is 0 Å². The first-order valence-electron chi connectivity index (χ1n) is 16.5. The highest BCUT2D eigenvalue weighted by Gasteiger charge is 2.31. The Hall–Kier alpha value is -4.48. The van der Waals surface area contributed by atoms with Crippen LogP contribution in [0.4, 0.5) is 20.6 Å². The summed E-state index contributed by atoms with van der Waals surface area (Å²) in [6, 6.07) is 18.7. The van der Waals surface area contributed by atoms with E-state index in [0.717, 1.165) is 24.8 Å². The van der Waals surface area contributed by atoms with Crippen LogP contribution in [0.3, 0.4) is 0 Å². The molecule has 0 radical (unpaired) electrons. The predicted octanol–water partition coefficient (Wildman–Crippen LogP) is 5.97. The Bertz CT molecular complexity index is 1510. The number of urea groups is 1. The lowest BCUT2D eigenvalue weighted by Crippen LogP contribution is -2.48. The zero-order chi connectivity index (χ0) is 34.6. The van der Waals surface area contributed by atoms with Crippen LogP contribution in [0.25, 0.3) is 0 Å². The van der Waals surface area contributed by atoms with Crippen LogP contribution >= 0.6 is 0 Å².